The molecule has 5 aliphatic rings. The highest BCUT2D eigenvalue weighted by Gasteiger charge is 2.50. The summed E-state index contributed by atoms with van der Waals surface area (Å²) in [6, 6.07) is 0. The van der Waals surface area contributed by atoms with E-state index in [2.05, 4.69) is 17.1 Å². The van der Waals surface area contributed by atoms with Crippen LogP contribution in [0.1, 0.15) is 44.9 Å². The van der Waals surface area contributed by atoms with Gasteiger partial charge >= 0.3 is 0 Å². The van der Waals surface area contributed by atoms with Crippen molar-refractivity contribution in [2.45, 2.75) is 50.2 Å². The largest absolute Gasteiger partial charge is 0.316 e. The molecule has 0 amide bonds. The number of thioether (sulfide) groups is 1. The Morgan fingerprint density at radius 3 is 2.18 bits per heavy atom. The van der Waals surface area contributed by atoms with Crippen LogP contribution in [0.25, 0.3) is 0 Å². The Bertz CT molecular complexity index is 260. The fraction of sp³-hybridized carbons (Fsp3) is 1.00. The van der Waals surface area contributed by atoms with Gasteiger partial charge < -0.3 is 5.32 Å². The van der Waals surface area contributed by atoms with Gasteiger partial charge in [-0.3, -0.25) is 0 Å². The zero-order chi connectivity index (χ0) is 11.3. The summed E-state index contributed by atoms with van der Waals surface area (Å²) >= 11 is 2.31. The van der Waals surface area contributed by atoms with E-state index in [1.165, 1.54) is 25.3 Å². The van der Waals surface area contributed by atoms with Gasteiger partial charge in [-0.15, -0.1) is 0 Å². The molecule has 1 unspecified atom stereocenters. The van der Waals surface area contributed by atoms with Crippen molar-refractivity contribution >= 4 is 11.8 Å². The molecule has 2 heteroatoms. The molecule has 0 radical (unpaired) electrons. The monoisotopic (exact) mass is 251 g/mol. The van der Waals surface area contributed by atoms with Crippen LogP contribution < -0.4 is 5.32 Å². The Balaban J connectivity index is 1.42. The Hall–Kier alpha value is 0.310. The highest BCUT2D eigenvalue weighted by atomic mass is 32.2. The third kappa shape index (κ3) is 2.06. The second kappa shape index (κ2) is 4.16. The van der Waals surface area contributed by atoms with Crippen molar-refractivity contribution in [3.63, 3.8) is 0 Å². The minimum atomic E-state index is 0.794. The van der Waals surface area contributed by atoms with E-state index >= 15 is 0 Å². The van der Waals surface area contributed by atoms with E-state index in [4.69, 9.17) is 0 Å². The van der Waals surface area contributed by atoms with Crippen molar-refractivity contribution in [2.24, 2.45) is 23.2 Å². The van der Waals surface area contributed by atoms with Crippen LogP contribution in [0.15, 0.2) is 0 Å². The van der Waals surface area contributed by atoms with Crippen molar-refractivity contribution in [2.75, 3.05) is 18.8 Å². The molecule has 1 atom stereocenters. The van der Waals surface area contributed by atoms with E-state index in [0.717, 1.165) is 28.4 Å². The van der Waals surface area contributed by atoms with Crippen molar-refractivity contribution in [3.05, 3.63) is 0 Å². The maximum atomic E-state index is 3.51. The maximum Gasteiger partial charge on any atom is 0.0184 e. The summed E-state index contributed by atoms with van der Waals surface area (Å²) in [6.07, 6.45) is 11.0. The number of hydrogen-bond donors (Lipinski definition) is 1. The third-order valence-corrected chi connectivity index (χ3v) is 7.46. The molecular formula is C15H25NS. The first-order valence-corrected chi connectivity index (χ1v) is 8.69. The van der Waals surface area contributed by atoms with Crippen LogP contribution in [0.4, 0.5) is 0 Å². The van der Waals surface area contributed by atoms with E-state index in [1.54, 1.807) is 38.5 Å². The molecule has 5 rings (SSSR count). The van der Waals surface area contributed by atoms with Gasteiger partial charge in [-0.25, -0.2) is 0 Å². The molecule has 1 saturated heterocycles. The summed E-state index contributed by atoms with van der Waals surface area (Å²) in [5.74, 6) is 4.87. The van der Waals surface area contributed by atoms with Crippen molar-refractivity contribution in [1.29, 1.82) is 0 Å². The Kier molecular flexibility index (Phi) is 2.73. The predicted octanol–water partition coefficient (Wildman–Crippen LogP) is 3.30. The standard InChI is InChI=1S/C15H25NS/c1-2-16-9-14(1)17-10-15-6-11-3-12(7-15)5-13(4-11)8-15/h11-14,16H,1-10H2. The summed E-state index contributed by atoms with van der Waals surface area (Å²) in [5, 5.41) is 4.44. The molecule has 1 aliphatic heterocycles. The van der Waals surface area contributed by atoms with E-state index in [9.17, 15) is 0 Å². The summed E-state index contributed by atoms with van der Waals surface area (Å²) in [6.45, 7) is 2.54. The molecule has 0 aromatic carbocycles. The van der Waals surface area contributed by atoms with Gasteiger partial charge in [-0.2, -0.15) is 11.8 Å². The van der Waals surface area contributed by atoms with Crippen LogP contribution in [-0.4, -0.2) is 24.1 Å². The van der Waals surface area contributed by atoms with Crippen LogP contribution in [-0.2, 0) is 0 Å². The fourth-order valence-electron chi connectivity index (χ4n) is 5.53. The van der Waals surface area contributed by atoms with E-state index < -0.39 is 0 Å². The van der Waals surface area contributed by atoms with Crippen LogP contribution in [0.5, 0.6) is 0 Å². The maximum absolute atomic E-state index is 3.51. The Labute approximate surface area is 109 Å². The topological polar surface area (TPSA) is 12.0 Å². The van der Waals surface area contributed by atoms with Gasteiger partial charge in [-0.05, 0) is 80.4 Å². The van der Waals surface area contributed by atoms with Crippen LogP contribution in [0.3, 0.4) is 0 Å². The lowest BCUT2D eigenvalue weighted by molar-refractivity contribution is -0.0382. The van der Waals surface area contributed by atoms with Gasteiger partial charge in [0.15, 0.2) is 0 Å². The second-order valence-electron chi connectivity index (χ2n) is 7.34. The highest BCUT2D eigenvalue weighted by molar-refractivity contribution is 7.99. The van der Waals surface area contributed by atoms with Crippen molar-refractivity contribution < 1.29 is 0 Å². The molecule has 4 bridgehead atoms. The quantitative estimate of drug-likeness (QED) is 0.826. The molecule has 4 saturated carbocycles. The lowest BCUT2D eigenvalue weighted by Crippen LogP contribution is -2.47. The molecule has 1 N–H and O–H groups in total. The van der Waals surface area contributed by atoms with Crippen molar-refractivity contribution in [1.82, 2.24) is 5.32 Å². The molecule has 0 spiro atoms. The molecule has 5 fully saturated rings. The van der Waals surface area contributed by atoms with Gasteiger partial charge in [-0.1, -0.05) is 0 Å². The van der Waals surface area contributed by atoms with Gasteiger partial charge in [0.1, 0.15) is 0 Å². The SMILES string of the molecule is C1CC(SCC23CC4CC(CC(C4)C2)C3)CN1. The average Bonchev–Trinajstić information content (AvgIpc) is 2.77. The molecule has 96 valence electrons. The average molecular weight is 251 g/mol. The predicted molar refractivity (Wildman–Crippen MR) is 74.3 cm³/mol. The van der Waals surface area contributed by atoms with E-state index in [-0.39, 0.29) is 0 Å². The molecule has 0 aromatic rings. The van der Waals surface area contributed by atoms with Gasteiger partial charge in [0.2, 0.25) is 0 Å². The summed E-state index contributed by atoms with van der Waals surface area (Å²) in [4.78, 5) is 0. The fourth-order valence-corrected chi connectivity index (χ4v) is 6.99. The second-order valence-corrected chi connectivity index (χ2v) is 8.63. The lowest BCUT2D eigenvalue weighted by Gasteiger charge is -2.57. The molecule has 0 aromatic heterocycles. The van der Waals surface area contributed by atoms with E-state index in [1.807, 2.05) is 0 Å². The van der Waals surface area contributed by atoms with Gasteiger partial charge in [0, 0.05) is 11.8 Å². The summed E-state index contributed by atoms with van der Waals surface area (Å²) < 4.78 is 0. The minimum Gasteiger partial charge on any atom is -0.316 e. The number of rotatable bonds is 3. The van der Waals surface area contributed by atoms with Crippen LogP contribution >= 0.6 is 11.8 Å². The Morgan fingerprint density at radius 1 is 1.00 bits per heavy atom. The number of hydrogen-bond acceptors (Lipinski definition) is 2. The summed E-state index contributed by atoms with van der Waals surface area (Å²) in [5.41, 5.74) is 0.794. The molecule has 17 heavy (non-hydrogen) atoms. The zero-order valence-electron chi connectivity index (χ0n) is 10.8. The summed E-state index contributed by atoms with van der Waals surface area (Å²) in [7, 11) is 0. The normalized spacial score (nSPS) is 52.2. The first-order valence-electron chi connectivity index (χ1n) is 7.64. The van der Waals surface area contributed by atoms with Crippen LogP contribution in [0, 0.1) is 23.2 Å². The Morgan fingerprint density at radius 2 is 1.65 bits per heavy atom. The van der Waals surface area contributed by atoms with Gasteiger partial charge in [0.05, 0.1) is 0 Å². The minimum absolute atomic E-state index is 0.794. The first kappa shape index (κ1) is 11.2. The molecule has 1 nitrogen and oxygen atoms in total. The molecular weight excluding hydrogens is 226 g/mol. The number of nitrogens with one attached hydrogen (secondary N) is 1. The molecule has 1 heterocycles. The third-order valence-electron chi connectivity index (χ3n) is 5.81. The molecule has 4 aliphatic carbocycles. The van der Waals surface area contributed by atoms with Gasteiger partial charge in [0.25, 0.3) is 0 Å². The van der Waals surface area contributed by atoms with E-state index in [0.29, 0.717) is 0 Å². The highest BCUT2D eigenvalue weighted by Crippen LogP contribution is 2.61. The first-order chi connectivity index (χ1) is 8.31. The lowest BCUT2D eigenvalue weighted by atomic mass is 9.50. The van der Waals surface area contributed by atoms with Crippen molar-refractivity contribution in [3.8, 4) is 0 Å². The zero-order valence-corrected chi connectivity index (χ0v) is 11.6. The van der Waals surface area contributed by atoms with Crippen LogP contribution in [0.2, 0.25) is 0 Å². The smallest absolute Gasteiger partial charge is 0.0184 e.